The van der Waals surface area contributed by atoms with Crippen molar-refractivity contribution in [3.05, 3.63) is 65.5 Å². The second-order valence-electron chi connectivity index (χ2n) is 13.4. The Bertz CT molecular complexity index is 2000. The Kier molecular flexibility index (Phi) is 7.44. The molecular weight excluding hydrogens is 650 g/mol. The van der Waals surface area contributed by atoms with Crippen LogP contribution in [0.3, 0.4) is 0 Å². The first kappa shape index (κ1) is 31.1. The molecule has 0 spiro atoms. The van der Waals surface area contributed by atoms with Crippen molar-refractivity contribution in [2.45, 2.75) is 55.9 Å². The molecule has 0 radical (unpaired) electrons. The lowest BCUT2D eigenvalue weighted by Crippen LogP contribution is -2.56. The van der Waals surface area contributed by atoms with E-state index in [1.54, 1.807) is 6.07 Å². The highest BCUT2D eigenvalue weighted by Gasteiger charge is 2.49. The fourth-order valence-electron chi connectivity index (χ4n) is 8.47. The zero-order valence-corrected chi connectivity index (χ0v) is 26.6. The molecule has 1 N–H and O–H groups in total. The van der Waals surface area contributed by atoms with Gasteiger partial charge < -0.3 is 19.6 Å². The van der Waals surface area contributed by atoms with Crippen LogP contribution < -0.4 is 9.64 Å². The minimum Gasteiger partial charge on any atom is -0.508 e. The van der Waals surface area contributed by atoms with Gasteiger partial charge in [0.1, 0.15) is 35.7 Å². The van der Waals surface area contributed by atoms with Gasteiger partial charge in [-0.25, -0.2) is 17.6 Å². The Hall–Kier alpha value is -4.16. The number of phenolic OH excluding ortho intramolecular Hbond substituents is 1. The molecule has 1 amide bonds. The van der Waals surface area contributed by atoms with E-state index in [0.717, 1.165) is 19.4 Å². The molecule has 1 aromatic heterocycles. The summed E-state index contributed by atoms with van der Waals surface area (Å²) in [7, 11) is 0. The summed E-state index contributed by atoms with van der Waals surface area (Å²) in [6.45, 7) is 4.95. The first-order valence-electron chi connectivity index (χ1n) is 16.1. The molecule has 2 bridgehead atoms. The van der Waals surface area contributed by atoms with Crippen LogP contribution in [0, 0.1) is 11.6 Å². The van der Waals surface area contributed by atoms with E-state index < -0.39 is 35.1 Å². The highest BCUT2D eigenvalue weighted by atomic mass is 35.5. The summed E-state index contributed by atoms with van der Waals surface area (Å²) in [6, 6.07) is 7.72. The predicted molar refractivity (Wildman–Crippen MR) is 174 cm³/mol. The van der Waals surface area contributed by atoms with Crippen LogP contribution in [0.4, 0.5) is 23.4 Å². The molecule has 2 unspecified atom stereocenters. The van der Waals surface area contributed by atoms with E-state index >= 15 is 8.78 Å². The SMILES string of the molecule is C=C(F)C(=O)N1C2CCC1CN(c1nc(OC[C@@]34CCCN3C[C@H](F)C4)nc3c(F)c(-c4cc(O)cc5cccc(F)c45)c(Cl)cc13)C2. The van der Waals surface area contributed by atoms with Gasteiger partial charge in [-0.15, -0.1) is 0 Å². The maximum Gasteiger partial charge on any atom is 0.319 e. The van der Waals surface area contributed by atoms with Crippen LogP contribution in [0.1, 0.15) is 32.1 Å². The van der Waals surface area contributed by atoms with Crippen LogP contribution in [0.5, 0.6) is 11.8 Å². The maximum absolute atomic E-state index is 16.9. The molecular formula is C35H32ClF4N5O3. The number of hydrogen-bond donors (Lipinski definition) is 1. The summed E-state index contributed by atoms with van der Waals surface area (Å²) in [4.78, 5) is 27.4. The zero-order chi connectivity index (χ0) is 33.5. The number of nitrogens with zero attached hydrogens (tertiary/aromatic N) is 5. The third-order valence-electron chi connectivity index (χ3n) is 10.5. The molecule has 8 rings (SSSR count). The second kappa shape index (κ2) is 11.5. The molecule has 5 heterocycles. The highest BCUT2D eigenvalue weighted by molar-refractivity contribution is 6.35. The Morgan fingerprint density at radius 3 is 2.65 bits per heavy atom. The number of aromatic hydroxyl groups is 1. The minimum atomic E-state index is -1.02. The fraction of sp³-hybridized carbons (Fsp3) is 0.400. The van der Waals surface area contributed by atoms with Gasteiger partial charge in [0.15, 0.2) is 11.6 Å². The third-order valence-corrected chi connectivity index (χ3v) is 10.8. The monoisotopic (exact) mass is 681 g/mol. The number of hydrogen-bond acceptors (Lipinski definition) is 7. The molecule has 0 saturated carbocycles. The van der Waals surface area contributed by atoms with Crippen LogP contribution >= 0.6 is 11.6 Å². The number of piperazine rings is 1. The number of rotatable bonds is 6. The average molecular weight is 682 g/mol. The van der Waals surface area contributed by atoms with E-state index in [9.17, 15) is 18.7 Å². The van der Waals surface area contributed by atoms with Crippen molar-refractivity contribution in [2.24, 2.45) is 0 Å². The second-order valence-corrected chi connectivity index (χ2v) is 13.8. The molecule has 4 aromatic rings. The van der Waals surface area contributed by atoms with Crippen molar-refractivity contribution in [3.8, 4) is 22.9 Å². The van der Waals surface area contributed by atoms with Gasteiger partial charge in [0, 0.05) is 48.0 Å². The van der Waals surface area contributed by atoms with E-state index in [2.05, 4.69) is 16.5 Å². The molecule has 250 valence electrons. The van der Waals surface area contributed by atoms with Gasteiger partial charge in [-0.2, -0.15) is 9.97 Å². The van der Waals surface area contributed by atoms with Gasteiger partial charge in [-0.3, -0.25) is 9.69 Å². The van der Waals surface area contributed by atoms with E-state index in [1.165, 1.54) is 35.2 Å². The zero-order valence-electron chi connectivity index (χ0n) is 25.9. The summed E-state index contributed by atoms with van der Waals surface area (Å²) in [6.07, 6.45) is 2.28. The number of alkyl halides is 1. The number of halogens is 5. The number of carbonyl (C=O) groups excluding carboxylic acids is 1. The Labute approximate surface area is 278 Å². The van der Waals surface area contributed by atoms with Gasteiger partial charge >= 0.3 is 6.01 Å². The van der Waals surface area contributed by atoms with Gasteiger partial charge in [-0.05, 0) is 61.9 Å². The Morgan fingerprint density at radius 2 is 1.90 bits per heavy atom. The number of anilines is 1. The summed E-state index contributed by atoms with van der Waals surface area (Å²) < 4.78 is 66.8. The van der Waals surface area contributed by atoms with Crippen molar-refractivity contribution < 1.29 is 32.2 Å². The molecule has 48 heavy (non-hydrogen) atoms. The van der Waals surface area contributed by atoms with Crippen molar-refractivity contribution in [3.63, 3.8) is 0 Å². The van der Waals surface area contributed by atoms with E-state index in [1.807, 2.05) is 4.90 Å². The minimum absolute atomic E-state index is 0.0483. The fourth-order valence-corrected chi connectivity index (χ4v) is 8.76. The quantitative estimate of drug-likeness (QED) is 0.179. The topological polar surface area (TPSA) is 82.0 Å². The van der Waals surface area contributed by atoms with Gasteiger partial charge in [-0.1, -0.05) is 30.3 Å². The first-order chi connectivity index (χ1) is 23.0. The van der Waals surface area contributed by atoms with Crippen LogP contribution in [-0.4, -0.2) is 87.4 Å². The van der Waals surface area contributed by atoms with Crippen LogP contribution in [0.25, 0.3) is 32.8 Å². The summed E-state index contributed by atoms with van der Waals surface area (Å²) in [5.74, 6) is -3.14. The molecule has 4 atom stereocenters. The lowest BCUT2D eigenvalue weighted by atomic mass is 9.95. The number of phenols is 1. The number of fused-ring (bicyclic) bond motifs is 5. The molecule has 8 nitrogen and oxygen atoms in total. The number of benzene rings is 3. The lowest BCUT2D eigenvalue weighted by Gasteiger charge is -2.41. The summed E-state index contributed by atoms with van der Waals surface area (Å²) >= 11 is 6.79. The molecule has 3 aromatic carbocycles. The van der Waals surface area contributed by atoms with E-state index in [4.69, 9.17) is 21.3 Å². The molecule has 13 heteroatoms. The smallest absolute Gasteiger partial charge is 0.319 e. The van der Waals surface area contributed by atoms with E-state index in [-0.39, 0.29) is 76.0 Å². The third kappa shape index (κ3) is 4.94. The summed E-state index contributed by atoms with van der Waals surface area (Å²) in [5.41, 5.74) is -0.758. The number of amides is 1. The number of ether oxygens (including phenoxy) is 1. The number of aromatic nitrogens is 2. The maximum atomic E-state index is 16.9. The van der Waals surface area contributed by atoms with Crippen molar-refractivity contribution in [2.75, 3.05) is 37.7 Å². The standard InChI is InChI=1S/C35H32ClF4N5O3/c1-18(37)33(47)45-21-6-7-22(45)16-43(15-21)32-25-12-26(36)29(24-11-23(46)10-19-4-2-5-27(39)28(19)24)30(40)31(25)41-34(42-32)48-17-35-8-3-9-44(35)14-20(38)13-35/h2,4-5,10-12,20-22,46H,1,3,6-9,13-17H2/t20-,21?,22?,35+/m1/s1. The molecule has 4 saturated heterocycles. The van der Waals surface area contributed by atoms with Crippen molar-refractivity contribution >= 4 is 45.0 Å². The molecule has 4 aliphatic heterocycles. The molecule has 0 aliphatic carbocycles. The Balaban J connectivity index is 1.26. The largest absolute Gasteiger partial charge is 0.508 e. The van der Waals surface area contributed by atoms with Crippen LogP contribution in [0.2, 0.25) is 5.02 Å². The molecule has 4 aliphatic rings. The average Bonchev–Trinajstić information content (AvgIpc) is 3.65. The lowest BCUT2D eigenvalue weighted by molar-refractivity contribution is -0.131. The van der Waals surface area contributed by atoms with Crippen molar-refractivity contribution in [1.82, 2.24) is 19.8 Å². The van der Waals surface area contributed by atoms with Crippen molar-refractivity contribution in [1.29, 1.82) is 0 Å². The predicted octanol–water partition coefficient (Wildman–Crippen LogP) is 6.71. The summed E-state index contributed by atoms with van der Waals surface area (Å²) in [5, 5.41) is 11.1. The van der Waals surface area contributed by atoms with Gasteiger partial charge in [0.05, 0.1) is 22.6 Å². The molecule has 4 fully saturated rings. The highest BCUT2D eigenvalue weighted by Crippen LogP contribution is 2.45. The first-order valence-corrected chi connectivity index (χ1v) is 16.5. The van der Waals surface area contributed by atoms with Crippen LogP contribution in [0.15, 0.2) is 48.8 Å². The Morgan fingerprint density at radius 1 is 1.12 bits per heavy atom. The van der Waals surface area contributed by atoms with E-state index in [0.29, 0.717) is 37.0 Å². The van der Waals surface area contributed by atoms with Gasteiger partial charge in [0.2, 0.25) is 0 Å². The number of carbonyl (C=O) groups is 1. The normalized spacial score (nSPS) is 25.3. The van der Waals surface area contributed by atoms with Crippen LogP contribution in [-0.2, 0) is 4.79 Å². The van der Waals surface area contributed by atoms with Gasteiger partial charge in [0.25, 0.3) is 5.91 Å².